The van der Waals surface area contributed by atoms with E-state index in [4.69, 9.17) is 9.47 Å². The third kappa shape index (κ3) is 3.61. The second-order valence-electron chi connectivity index (χ2n) is 6.25. The first-order chi connectivity index (χ1) is 10.5. The molecule has 0 spiro atoms. The minimum Gasteiger partial charge on any atom is -0.496 e. The van der Waals surface area contributed by atoms with Crippen molar-refractivity contribution in [2.24, 2.45) is 5.92 Å². The summed E-state index contributed by atoms with van der Waals surface area (Å²) in [4.78, 5) is 12.8. The topological polar surface area (TPSA) is 47.6 Å². The molecule has 1 aliphatic carbocycles. The fourth-order valence-electron chi connectivity index (χ4n) is 3.14. The van der Waals surface area contributed by atoms with Crippen LogP contribution in [0.1, 0.15) is 45.1 Å². The van der Waals surface area contributed by atoms with Crippen molar-refractivity contribution in [1.82, 2.24) is 0 Å². The number of carbonyl (C=O) groups is 1. The number of nitrogens with one attached hydrogen (secondary N) is 1. The Kier molecular flexibility index (Phi) is 5.46. The van der Waals surface area contributed by atoms with Crippen molar-refractivity contribution < 1.29 is 14.3 Å². The molecule has 2 rings (SSSR count). The zero-order valence-corrected chi connectivity index (χ0v) is 14.1. The van der Waals surface area contributed by atoms with Crippen LogP contribution in [0.4, 0.5) is 5.69 Å². The molecule has 4 heteroatoms. The summed E-state index contributed by atoms with van der Waals surface area (Å²) in [5, 5.41) is 3.02. The van der Waals surface area contributed by atoms with Crippen LogP contribution in [0, 0.1) is 12.8 Å². The molecule has 0 aromatic heterocycles. The Bertz CT molecular complexity index is 519. The number of rotatable bonds is 5. The molecular formula is C18H27NO3. The summed E-state index contributed by atoms with van der Waals surface area (Å²) in [6.45, 7) is 6.71. The third-order valence-corrected chi connectivity index (χ3v) is 4.57. The number of hydrogen-bond donors (Lipinski definition) is 1. The van der Waals surface area contributed by atoms with E-state index in [-0.39, 0.29) is 5.91 Å². The van der Waals surface area contributed by atoms with Crippen LogP contribution in [0.2, 0.25) is 0 Å². The van der Waals surface area contributed by atoms with Crippen LogP contribution in [0.3, 0.4) is 0 Å². The fraction of sp³-hybridized carbons (Fsp3) is 0.611. The highest BCUT2D eigenvalue weighted by Crippen LogP contribution is 2.36. The van der Waals surface area contributed by atoms with Gasteiger partial charge >= 0.3 is 0 Å². The Morgan fingerprint density at radius 3 is 2.59 bits per heavy atom. The summed E-state index contributed by atoms with van der Waals surface area (Å²) in [6, 6.07) is 5.68. The molecule has 122 valence electrons. The molecule has 1 fully saturated rings. The number of carbonyl (C=O) groups excluding carboxylic acids is 1. The minimum absolute atomic E-state index is 0.0224. The maximum atomic E-state index is 12.8. The summed E-state index contributed by atoms with van der Waals surface area (Å²) in [5.74, 6) is 1.47. The van der Waals surface area contributed by atoms with E-state index in [1.807, 2.05) is 32.0 Å². The Hall–Kier alpha value is -1.55. The predicted molar refractivity (Wildman–Crippen MR) is 88.3 cm³/mol. The molecule has 1 aliphatic rings. The largest absolute Gasteiger partial charge is 0.496 e. The molecule has 1 saturated carbocycles. The summed E-state index contributed by atoms with van der Waals surface area (Å²) >= 11 is 0. The molecule has 0 unspecified atom stereocenters. The van der Waals surface area contributed by atoms with E-state index in [9.17, 15) is 4.79 Å². The van der Waals surface area contributed by atoms with Gasteiger partial charge in [0.1, 0.15) is 11.4 Å². The Morgan fingerprint density at radius 1 is 1.36 bits per heavy atom. The first-order valence-corrected chi connectivity index (χ1v) is 8.11. The quantitative estimate of drug-likeness (QED) is 0.896. The second-order valence-corrected chi connectivity index (χ2v) is 6.25. The summed E-state index contributed by atoms with van der Waals surface area (Å²) in [7, 11) is 1.65. The molecule has 0 atom stereocenters. The lowest BCUT2D eigenvalue weighted by Gasteiger charge is -2.37. The van der Waals surface area contributed by atoms with Gasteiger partial charge in [-0.2, -0.15) is 0 Å². The van der Waals surface area contributed by atoms with Crippen molar-refractivity contribution in [3.8, 4) is 5.75 Å². The van der Waals surface area contributed by atoms with E-state index in [0.717, 1.165) is 42.7 Å². The molecule has 1 aromatic rings. The van der Waals surface area contributed by atoms with Crippen molar-refractivity contribution in [1.29, 1.82) is 0 Å². The lowest BCUT2D eigenvalue weighted by atomic mass is 9.78. The van der Waals surface area contributed by atoms with E-state index in [1.165, 1.54) is 0 Å². The highest BCUT2D eigenvalue weighted by molar-refractivity contribution is 5.97. The van der Waals surface area contributed by atoms with E-state index >= 15 is 0 Å². The first kappa shape index (κ1) is 16.8. The Labute approximate surface area is 133 Å². The molecule has 0 aliphatic heterocycles. The summed E-state index contributed by atoms with van der Waals surface area (Å²) < 4.78 is 11.1. The van der Waals surface area contributed by atoms with Crippen LogP contribution < -0.4 is 10.1 Å². The van der Waals surface area contributed by atoms with Crippen LogP contribution in [-0.2, 0) is 9.53 Å². The van der Waals surface area contributed by atoms with Crippen molar-refractivity contribution in [2.75, 3.05) is 19.0 Å². The number of aryl methyl sites for hydroxylation is 1. The maximum Gasteiger partial charge on any atom is 0.256 e. The smallest absolute Gasteiger partial charge is 0.256 e. The highest BCUT2D eigenvalue weighted by atomic mass is 16.5. The minimum atomic E-state index is -0.672. The van der Waals surface area contributed by atoms with E-state index in [2.05, 4.69) is 12.2 Å². The van der Waals surface area contributed by atoms with Crippen molar-refractivity contribution in [3.63, 3.8) is 0 Å². The van der Waals surface area contributed by atoms with Gasteiger partial charge < -0.3 is 14.8 Å². The van der Waals surface area contributed by atoms with Gasteiger partial charge in [-0.15, -0.1) is 0 Å². The van der Waals surface area contributed by atoms with Crippen LogP contribution >= 0.6 is 0 Å². The van der Waals surface area contributed by atoms with Crippen LogP contribution in [0.25, 0.3) is 0 Å². The number of benzene rings is 1. The average Bonchev–Trinajstić information content (AvgIpc) is 2.50. The third-order valence-electron chi connectivity index (χ3n) is 4.57. The number of ether oxygens (including phenoxy) is 2. The van der Waals surface area contributed by atoms with Crippen molar-refractivity contribution in [2.45, 2.75) is 52.1 Å². The maximum absolute atomic E-state index is 12.8. The van der Waals surface area contributed by atoms with Crippen LogP contribution in [0.5, 0.6) is 5.75 Å². The lowest BCUT2D eigenvalue weighted by molar-refractivity contribution is -0.146. The molecule has 22 heavy (non-hydrogen) atoms. The Morgan fingerprint density at radius 2 is 2.05 bits per heavy atom. The summed E-state index contributed by atoms with van der Waals surface area (Å²) in [6.07, 6.45) is 3.66. The summed E-state index contributed by atoms with van der Waals surface area (Å²) in [5.41, 5.74) is 1.12. The normalized spacial score (nSPS) is 24.8. The van der Waals surface area contributed by atoms with Crippen LogP contribution in [-0.4, -0.2) is 25.2 Å². The van der Waals surface area contributed by atoms with Gasteiger partial charge in [-0.1, -0.05) is 6.92 Å². The Balaban J connectivity index is 2.13. The van der Waals surface area contributed by atoms with Gasteiger partial charge in [0.15, 0.2) is 0 Å². The van der Waals surface area contributed by atoms with Gasteiger partial charge in [0.25, 0.3) is 5.91 Å². The average molecular weight is 305 g/mol. The number of methoxy groups -OCH3 is 1. The van der Waals surface area contributed by atoms with Crippen LogP contribution in [0.15, 0.2) is 18.2 Å². The SMILES string of the molecule is CCOC1(C(=O)Nc2ccc(OC)c(C)c2)CCC(C)CC1. The molecule has 1 N–H and O–H groups in total. The molecule has 1 amide bonds. The molecule has 4 nitrogen and oxygen atoms in total. The first-order valence-electron chi connectivity index (χ1n) is 8.11. The van der Waals surface area contributed by atoms with E-state index in [1.54, 1.807) is 7.11 Å². The van der Waals surface area contributed by atoms with E-state index < -0.39 is 5.60 Å². The number of hydrogen-bond acceptors (Lipinski definition) is 3. The van der Waals surface area contributed by atoms with Crippen molar-refractivity contribution >= 4 is 11.6 Å². The molecule has 0 heterocycles. The van der Waals surface area contributed by atoms with Gasteiger partial charge in [-0.05, 0) is 69.2 Å². The molecule has 0 saturated heterocycles. The lowest BCUT2D eigenvalue weighted by Crippen LogP contribution is -2.48. The van der Waals surface area contributed by atoms with Gasteiger partial charge in [0.2, 0.25) is 0 Å². The van der Waals surface area contributed by atoms with Crippen molar-refractivity contribution in [3.05, 3.63) is 23.8 Å². The second kappa shape index (κ2) is 7.14. The molecule has 0 bridgehead atoms. The number of amides is 1. The van der Waals surface area contributed by atoms with Gasteiger partial charge in [-0.3, -0.25) is 4.79 Å². The van der Waals surface area contributed by atoms with Gasteiger partial charge in [0, 0.05) is 12.3 Å². The fourth-order valence-corrected chi connectivity index (χ4v) is 3.14. The predicted octanol–water partition coefficient (Wildman–Crippen LogP) is 3.93. The zero-order valence-electron chi connectivity index (χ0n) is 14.1. The standard InChI is InChI=1S/C18H27NO3/c1-5-22-18(10-8-13(2)9-11-18)17(20)19-15-6-7-16(21-4)14(3)12-15/h6-7,12-13H,5,8-11H2,1-4H3,(H,19,20). The highest BCUT2D eigenvalue weighted by Gasteiger charge is 2.41. The number of anilines is 1. The monoisotopic (exact) mass is 305 g/mol. The van der Waals surface area contributed by atoms with Gasteiger partial charge in [0.05, 0.1) is 7.11 Å². The van der Waals surface area contributed by atoms with E-state index in [0.29, 0.717) is 12.5 Å². The molecular weight excluding hydrogens is 278 g/mol. The zero-order chi connectivity index (χ0) is 16.2. The molecule has 0 radical (unpaired) electrons. The molecule has 1 aromatic carbocycles. The van der Waals surface area contributed by atoms with Gasteiger partial charge in [-0.25, -0.2) is 0 Å².